The largest absolute Gasteiger partial charge is 0.337 e. The summed E-state index contributed by atoms with van der Waals surface area (Å²) in [5.74, 6) is -0.353. The van der Waals surface area contributed by atoms with Gasteiger partial charge >= 0.3 is 0 Å². The highest BCUT2D eigenvalue weighted by Gasteiger charge is 2.33. The van der Waals surface area contributed by atoms with E-state index in [1.54, 1.807) is 4.90 Å². The van der Waals surface area contributed by atoms with Crippen molar-refractivity contribution in [1.82, 2.24) is 34.4 Å². The Morgan fingerprint density at radius 1 is 1.28 bits per heavy atom. The third-order valence-electron chi connectivity index (χ3n) is 5.21. The molecule has 8 nitrogen and oxygen atoms in total. The van der Waals surface area contributed by atoms with Crippen molar-refractivity contribution in [3.63, 3.8) is 0 Å². The Kier molecular flexibility index (Phi) is 5.12. The minimum absolute atomic E-state index is 0.0983. The summed E-state index contributed by atoms with van der Waals surface area (Å²) in [4.78, 5) is 30.1. The first-order chi connectivity index (χ1) is 14.0. The van der Waals surface area contributed by atoms with Gasteiger partial charge in [-0.1, -0.05) is 6.92 Å². The number of nitrogens with zero attached hydrogens (tertiary/aromatic N) is 7. The first-order valence-electron chi connectivity index (χ1n) is 9.12. The Morgan fingerprint density at radius 3 is 2.79 bits per heavy atom. The number of hydrogen-bond acceptors (Lipinski definition) is 6. The van der Waals surface area contributed by atoms with E-state index >= 15 is 0 Å². The molecule has 0 unspecified atom stereocenters. The highest BCUT2D eigenvalue weighted by atomic mass is 19.3. The van der Waals surface area contributed by atoms with Gasteiger partial charge in [0.15, 0.2) is 0 Å². The molecule has 0 radical (unpaired) electrons. The number of rotatable bonds is 4. The van der Waals surface area contributed by atoms with Crippen LogP contribution in [0.3, 0.4) is 0 Å². The standard InChI is InChI=1S/C18H18F3N7O/c1-10-2-3-27(17(29)14-7-22-11(5-19)6-23-14)8-12(10)15-4-13(16(20)21)26-18-24-9-25-28(15)18/h4,6-7,9-10,12,16H,2-3,5,8H2,1H3/t10-,12-/m1/s1. The molecule has 0 aromatic carbocycles. The highest BCUT2D eigenvalue weighted by Crippen LogP contribution is 2.34. The van der Waals surface area contributed by atoms with Crippen molar-refractivity contribution in [3.05, 3.63) is 47.6 Å². The van der Waals surface area contributed by atoms with Crippen molar-refractivity contribution >= 4 is 11.7 Å². The topological polar surface area (TPSA) is 89.2 Å². The molecule has 3 aromatic heterocycles. The van der Waals surface area contributed by atoms with Crippen molar-refractivity contribution in [2.75, 3.05) is 13.1 Å². The number of aromatic nitrogens is 6. The van der Waals surface area contributed by atoms with Gasteiger partial charge in [-0.2, -0.15) is 10.1 Å². The first kappa shape index (κ1) is 19.2. The van der Waals surface area contributed by atoms with E-state index in [0.717, 1.165) is 0 Å². The number of likely N-dealkylation sites (tertiary alicyclic amines) is 1. The molecule has 1 aliphatic heterocycles. The van der Waals surface area contributed by atoms with Crippen LogP contribution in [0.2, 0.25) is 0 Å². The maximum absolute atomic E-state index is 13.3. The number of carbonyl (C=O) groups is 1. The van der Waals surface area contributed by atoms with E-state index in [9.17, 15) is 18.0 Å². The van der Waals surface area contributed by atoms with Gasteiger partial charge in [0.05, 0.1) is 23.8 Å². The van der Waals surface area contributed by atoms with Crippen LogP contribution in [-0.2, 0) is 6.67 Å². The van der Waals surface area contributed by atoms with E-state index in [1.807, 2.05) is 6.92 Å². The number of fused-ring (bicyclic) bond motifs is 1. The molecule has 0 N–H and O–H groups in total. The van der Waals surface area contributed by atoms with E-state index in [2.05, 4.69) is 25.0 Å². The van der Waals surface area contributed by atoms with Crippen LogP contribution >= 0.6 is 0 Å². The third kappa shape index (κ3) is 3.64. The highest BCUT2D eigenvalue weighted by molar-refractivity contribution is 5.92. The lowest BCUT2D eigenvalue weighted by atomic mass is 9.84. The van der Waals surface area contributed by atoms with E-state index in [1.165, 1.54) is 29.3 Å². The summed E-state index contributed by atoms with van der Waals surface area (Å²) in [7, 11) is 0. The zero-order valence-electron chi connectivity index (χ0n) is 15.5. The molecule has 11 heteroatoms. The number of halogens is 3. The van der Waals surface area contributed by atoms with Gasteiger partial charge < -0.3 is 4.90 Å². The number of amides is 1. The van der Waals surface area contributed by atoms with Crippen molar-refractivity contribution in [3.8, 4) is 0 Å². The predicted molar refractivity (Wildman–Crippen MR) is 95.0 cm³/mol. The van der Waals surface area contributed by atoms with Gasteiger partial charge in [0.2, 0.25) is 0 Å². The zero-order valence-corrected chi connectivity index (χ0v) is 15.5. The van der Waals surface area contributed by atoms with E-state index in [-0.39, 0.29) is 40.6 Å². The van der Waals surface area contributed by atoms with Gasteiger partial charge in [-0.05, 0) is 18.4 Å². The number of alkyl halides is 3. The molecular weight excluding hydrogens is 387 g/mol. The molecule has 0 saturated carbocycles. The molecule has 4 rings (SSSR count). The van der Waals surface area contributed by atoms with E-state index in [4.69, 9.17) is 0 Å². The van der Waals surface area contributed by atoms with Gasteiger partial charge in [0.1, 0.15) is 24.4 Å². The summed E-state index contributed by atoms with van der Waals surface area (Å²) in [5.41, 5.74) is 0.427. The lowest BCUT2D eigenvalue weighted by Crippen LogP contribution is -2.43. The Labute approximate surface area is 163 Å². The Balaban J connectivity index is 1.65. The van der Waals surface area contributed by atoms with Crippen molar-refractivity contribution in [1.29, 1.82) is 0 Å². The maximum atomic E-state index is 13.3. The fraction of sp³-hybridized carbons (Fsp3) is 0.444. The van der Waals surface area contributed by atoms with Crippen LogP contribution < -0.4 is 0 Å². The molecule has 2 atom stereocenters. The molecule has 1 fully saturated rings. The molecule has 0 aliphatic carbocycles. The fourth-order valence-corrected chi connectivity index (χ4v) is 3.57. The monoisotopic (exact) mass is 405 g/mol. The van der Waals surface area contributed by atoms with E-state index < -0.39 is 13.1 Å². The molecule has 4 heterocycles. The smallest absolute Gasteiger partial charge is 0.280 e. The molecule has 1 saturated heterocycles. The molecule has 0 bridgehead atoms. The summed E-state index contributed by atoms with van der Waals surface area (Å²) >= 11 is 0. The minimum atomic E-state index is -2.74. The average molecular weight is 405 g/mol. The van der Waals surface area contributed by atoms with Crippen LogP contribution in [0.4, 0.5) is 13.2 Å². The summed E-state index contributed by atoms with van der Waals surface area (Å²) in [6, 6.07) is 1.33. The van der Waals surface area contributed by atoms with Gasteiger partial charge in [0.25, 0.3) is 18.1 Å². The van der Waals surface area contributed by atoms with E-state index in [0.29, 0.717) is 25.2 Å². The second-order valence-corrected chi connectivity index (χ2v) is 7.03. The molecule has 152 valence electrons. The minimum Gasteiger partial charge on any atom is -0.337 e. The van der Waals surface area contributed by atoms with Crippen LogP contribution in [0.5, 0.6) is 0 Å². The normalized spacial score (nSPS) is 19.8. The van der Waals surface area contributed by atoms with Crippen LogP contribution in [0.25, 0.3) is 5.78 Å². The second kappa shape index (κ2) is 7.72. The maximum Gasteiger partial charge on any atom is 0.280 e. The SMILES string of the molecule is C[C@@H]1CCN(C(=O)c2cnc(CF)cn2)C[C@H]1c1cc(C(F)F)nc2ncnn12. The van der Waals surface area contributed by atoms with Crippen molar-refractivity contribution in [2.45, 2.75) is 32.4 Å². The zero-order chi connectivity index (χ0) is 20.5. The average Bonchev–Trinajstić information content (AvgIpc) is 3.22. The van der Waals surface area contributed by atoms with Gasteiger partial charge in [-0.25, -0.2) is 27.7 Å². The third-order valence-corrected chi connectivity index (χ3v) is 5.21. The first-order valence-corrected chi connectivity index (χ1v) is 9.12. The lowest BCUT2D eigenvalue weighted by Gasteiger charge is -2.37. The fourth-order valence-electron chi connectivity index (χ4n) is 3.57. The van der Waals surface area contributed by atoms with Crippen molar-refractivity contribution in [2.24, 2.45) is 5.92 Å². The predicted octanol–water partition coefficient (Wildman–Crippen LogP) is 2.59. The van der Waals surface area contributed by atoms with Crippen molar-refractivity contribution < 1.29 is 18.0 Å². The summed E-state index contributed by atoms with van der Waals surface area (Å²) < 4.78 is 40.7. The van der Waals surface area contributed by atoms with Crippen LogP contribution in [-0.4, -0.2) is 53.4 Å². The Bertz CT molecular complexity index is 1020. The number of piperidine rings is 1. The molecule has 1 amide bonds. The Hall–Kier alpha value is -3.11. The van der Waals surface area contributed by atoms with Crippen LogP contribution in [0.1, 0.15) is 53.3 Å². The van der Waals surface area contributed by atoms with Gasteiger partial charge in [-0.3, -0.25) is 9.78 Å². The molecule has 0 spiro atoms. The number of carbonyl (C=O) groups excluding carboxylic acids is 1. The summed E-state index contributed by atoms with van der Waals surface area (Å²) in [5, 5.41) is 4.11. The molecule has 29 heavy (non-hydrogen) atoms. The van der Waals surface area contributed by atoms with Crippen LogP contribution in [0.15, 0.2) is 24.8 Å². The molecule has 3 aromatic rings. The summed E-state index contributed by atoms with van der Waals surface area (Å²) in [6.45, 7) is 2.05. The van der Waals surface area contributed by atoms with Crippen LogP contribution in [0, 0.1) is 5.92 Å². The van der Waals surface area contributed by atoms with Gasteiger partial charge in [-0.15, -0.1) is 0 Å². The lowest BCUT2D eigenvalue weighted by molar-refractivity contribution is 0.0659. The van der Waals surface area contributed by atoms with Gasteiger partial charge in [0, 0.05) is 19.0 Å². The Morgan fingerprint density at radius 2 is 2.10 bits per heavy atom. The quantitative estimate of drug-likeness (QED) is 0.663. The number of hydrogen-bond donors (Lipinski definition) is 0. The molecular formula is C18H18F3N7O. The summed E-state index contributed by atoms with van der Waals surface area (Å²) in [6.07, 6.45) is 1.68. The molecule has 1 aliphatic rings. The second-order valence-electron chi connectivity index (χ2n) is 7.03.